The highest BCUT2D eigenvalue weighted by atomic mass is 16.7. The van der Waals surface area contributed by atoms with Crippen LogP contribution in [0.25, 0.3) is 0 Å². The van der Waals surface area contributed by atoms with Crippen molar-refractivity contribution in [1.82, 2.24) is 0 Å². The zero-order chi connectivity index (χ0) is 11.2. The average molecular weight is 219 g/mol. The lowest BCUT2D eigenvalue weighted by atomic mass is 9.64. The molecule has 0 aromatic heterocycles. The molecule has 0 unspecified atom stereocenters. The van der Waals surface area contributed by atoms with E-state index in [0.29, 0.717) is 6.79 Å². The molecule has 0 amide bonds. The van der Waals surface area contributed by atoms with Gasteiger partial charge in [0.1, 0.15) is 0 Å². The van der Waals surface area contributed by atoms with Gasteiger partial charge in [0.05, 0.1) is 0 Å². The van der Waals surface area contributed by atoms with Crippen molar-refractivity contribution in [2.24, 2.45) is 5.73 Å². The van der Waals surface area contributed by atoms with Gasteiger partial charge in [0.25, 0.3) is 0 Å². The lowest BCUT2D eigenvalue weighted by Crippen LogP contribution is -2.41. The fourth-order valence-electron chi connectivity index (χ4n) is 2.71. The molecule has 0 atom stereocenters. The molecule has 1 saturated carbocycles. The number of ether oxygens (including phenoxy) is 2. The van der Waals surface area contributed by atoms with E-state index in [1.807, 2.05) is 0 Å². The summed E-state index contributed by atoms with van der Waals surface area (Å²) < 4.78 is 10.9. The number of hydrogen-bond acceptors (Lipinski definition) is 3. The fourth-order valence-corrected chi connectivity index (χ4v) is 2.71. The van der Waals surface area contributed by atoms with Crippen LogP contribution in [0.2, 0.25) is 0 Å². The lowest BCUT2D eigenvalue weighted by Gasteiger charge is -2.41. The van der Waals surface area contributed by atoms with Gasteiger partial charge in [-0.05, 0) is 37.0 Å². The van der Waals surface area contributed by atoms with Crippen LogP contribution in [-0.2, 0) is 5.41 Å². The molecule has 1 aromatic carbocycles. The molecular weight excluding hydrogens is 202 g/mol. The normalized spacial score (nSPS) is 20.6. The van der Waals surface area contributed by atoms with Gasteiger partial charge in [0.2, 0.25) is 6.79 Å². The van der Waals surface area contributed by atoms with E-state index in [9.17, 15) is 0 Å². The van der Waals surface area contributed by atoms with Gasteiger partial charge in [0, 0.05) is 12.0 Å². The first kappa shape index (κ1) is 9.97. The molecule has 16 heavy (non-hydrogen) atoms. The van der Waals surface area contributed by atoms with E-state index >= 15 is 0 Å². The van der Waals surface area contributed by atoms with Crippen LogP contribution in [0.5, 0.6) is 11.5 Å². The molecule has 3 rings (SSSR count). The maximum absolute atomic E-state index is 5.92. The van der Waals surface area contributed by atoms with Gasteiger partial charge in [-0.1, -0.05) is 12.5 Å². The second-order valence-electron chi connectivity index (χ2n) is 4.86. The maximum Gasteiger partial charge on any atom is 0.231 e. The van der Waals surface area contributed by atoms with Crippen molar-refractivity contribution in [3.8, 4) is 11.5 Å². The van der Waals surface area contributed by atoms with Crippen LogP contribution in [-0.4, -0.2) is 13.3 Å². The van der Waals surface area contributed by atoms with Gasteiger partial charge in [-0.15, -0.1) is 0 Å². The number of rotatable bonds is 2. The Kier molecular flexibility index (Phi) is 2.11. The highest BCUT2D eigenvalue weighted by molar-refractivity contribution is 5.52. The van der Waals surface area contributed by atoms with Gasteiger partial charge in [-0.2, -0.15) is 0 Å². The van der Waals surface area contributed by atoms with Gasteiger partial charge in [-0.3, -0.25) is 0 Å². The summed E-state index contributed by atoms with van der Waals surface area (Å²) in [4.78, 5) is 0. The van der Waals surface area contributed by atoms with Crippen LogP contribution in [0.3, 0.4) is 0 Å². The van der Waals surface area contributed by atoms with Crippen LogP contribution < -0.4 is 15.2 Å². The van der Waals surface area contributed by atoms with E-state index in [2.05, 4.69) is 19.1 Å². The Labute approximate surface area is 95.5 Å². The molecule has 0 radical (unpaired) electrons. The largest absolute Gasteiger partial charge is 0.454 e. The van der Waals surface area contributed by atoms with Gasteiger partial charge in [0.15, 0.2) is 11.5 Å². The predicted octanol–water partition coefficient (Wildman–Crippen LogP) is 2.10. The van der Waals surface area contributed by atoms with Crippen LogP contribution in [0.15, 0.2) is 12.1 Å². The zero-order valence-electron chi connectivity index (χ0n) is 9.58. The monoisotopic (exact) mass is 219 g/mol. The lowest BCUT2D eigenvalue weighted by molar-refractivity contribution is 0.173. The van der Waals surface area contributed by atoms with Crippen LogP contribution in [0, 0.1) is 6.92 Å². The van der Waals surface area contributed by atoms with Crippen molar-refractivity contribution in [2.45, 2.75) is 31.6 Å². The first-order valence-electron chi connectivity index (χ1n) is 5.86. The molecule has 3 nitrogen and oxygen atoms in total. The summed E-state index contributed by atoms with van der Waals surface area (Å²) in [7, 11) is 0. The van der Waals surface area contributed by atoms with Crippen molar-refractivity contribution >= 4 is 0 Å². The topological polar surface area (TPSA) is 44.5 Å². The van der Waals surface area contributed by atoms with Gasteiger partial charge >= 0.3 is 0 Å². The summed E-state index contributed by atoms with van der Waals surface area (Å²) in [6.45, 7) is 3.14. The van der Waals surface area contributed by atoms with Gasteiger partial charge in [-0.25, -0.2) is 0 Å². The number of benzene rings is 1. The Morgan fingerprint density at radius 2 is 2.12 bits per heavy atom. The zero-order valence-corrected chi connectivity index (χ0v) is 9.58. The smallest absolute Gasteiger partial charge is 0.231 e. The molecule has 2 N–H and O–H groups in total. The van der Waals surface area contributed by atoms with Crippen LogP contribution in [0.1, 0.15) is 30.4 Å². The van der Waals surface area contributed by atoms with E-state index in [-0.39, 0.29) is 5.41 Å². The van der Waals surface area contributed by atoms with Gasteiger partial charge < -0.3 is 15.2 Å². The van der Waals surface area contributed by atoms with E-state index in [1.54, 1.807) is 0 Å². The molecule has 86 valence electrons. The molecule has 1 aliphatic carbocycles. The van der Waals surface area contributed by atoms with E-state index < -0.39 is 0 Å². The number of hydrogen-bond donors (Lipinski definition) is 1. The third-order valence-electron chi connectivity index (χ3n) is 3.97. The first-order valence-corrected chi connectivity index (χ1v) is 5.86. The van der Waals surface area contributed by atoms with E-state index in [4.69, 9.17) is 15.2 Å². The van der Waals surface area contributed by atoms with E-state index in [0.717, 1.165) is 23.6 Å². The Morgan fingerprint density at radius 1 is 1.31 bits per heavy atom. The molecule has 0 bridgehead atoms. The molecule has 1 heterocycles. The molecule has 2 aliphatic rings. The fraction of sp³-hybridized carbons (Fsp3) is 0.538. The average Bonchev–Trinajstić information content (AvgIpc) is 2.65. The molecule has 0 saturated heterocycles. The number of aryl methyl sites for hydroxylation is 1. The Hall–Kier alpha value is -1.22. The summed E-state index contributed by atoms with van der Waals surface area (Å²) in [5, 5.41) is 0. The van der Waals surface area contributed by atoms with Crippen molar-refractivity contribution in [3.05, 3.63) is 23.3 Å². The molecule has 1 fully saturated rings. The summed E-state index contributed by atoms with van der Waals surface area (Å²) in [6.07, 6.45) is 3.68. The summed E-state index contributed by atoms with van der Waals surface area (Å²) in [6, 6.07) is 4.32. The summed E-state index contributed by atoms with van der Waals surface area (Å²) >= 11 is 0. The minimum Gasteiger partial charge on any atom is -0.454 e. The molecule has 1 aliphatic heterocycles. The minimum absolute atomic E-state index is 0.200. The Morgan fingerprint density at radius 3 is 2.75 bits per heavy atom. The quantitative estimate of drug-likeness (QED) is 0.828. The third kappa shape index (κ3) is 1.24. The number of fused-ring (bicyclic) bond motifs is 1. The van der Waals surface area contributed by atoms with Crippen molar-refractivity contribution < 1.29 is 9.47 Å². The molecular formula is C13H17NO2. The second-order valence-corrected chi connectivity index (χ2v) is 4.86. The standard InChI is InChI=1S/C13H17NO2/c1-9-5-10(13(7-14)3-2-4-13)6-11-12(9)16-8-15-11/h5-6H,2-4,7-8,14H2,1H3. The van der Waals surface area contributed by atoms with Crippen molar-refractivity contribution in [1.29, 1.82) is 0 Å². The minimum atomic E-state index is 0.200. The summed E-state index contributed by atoms with van der Waals surface area (Å²) in [5.41, 5.74) is 8.60. The predicted molar refractivity (Wildman–Crippen MR) is 61.9 cm³/mol. The second kappa shape index (κ2) is 3.39. The van der Waals surface area contributed by atoms with Crippen molar-refractivity contribution in [2.75, 3.05) is 13.3 Å². The highest BCUT2D eigenvalue weighted by Crippen LogP contribution is 2.47. The molecule has 1 aromatic rings. The summed E-state index contributed by atoms with van der Waals surface area (Å²) in [5.74, 6) is 1.78. The van der Waals surface area contributed by atoms with Crippen molar-refractivity contribution in [3.63, 3.8) is 0 Å². The Balaban J connectivity index is 2.05. The van der Waals surface area contributed by atoms with Crippen LogP contribution in [0.4, 0.5) is 0 Å². The first-order chi connectivity index (χ1) is 7.75. The highest BCUT2D eigenvalue weighted by Gasteiger charge is 2.38. The third-order valence-corrected chi connectivity index (χ3v) is 3.97. The number of nitrogens with two attached hydrogens (primary N) is 1. The SMILES string of the molecule is Cc1cc(C2(CN)CCC2)cc2c1OCO2. The molecule has 0 spiro atoms. The van der Waals surface area contributed by atoms with E-state index in [1.165, 1.54) is 24.8 Å². The Bertz CT molecular complexity index is 419. The maximum atomic E-state index is 5.92. The molecule has 3 heteroatoms. The van der Waals surface area contributed by atoms with Crippen LogP contribution >= 0.6 is 0 Å².